The molecule has 2 fully saturated rings. The zero-order chi connectivity index (χ0) is 11.4. The lowest BCUT2D eigenvalue weighted by Gasteiger charge is -2.34. The first kappa shape index (κ1) is 11.9. The highest BCUT2D eigenvalue weighted by Crippen LogP contribution is 2.27. The molecule has 3 nitrogen and oxygen atoms in total. The number of nitrogens with zero attached hydrogens (tertiary/aromatic N) is 1. The Kier molecular flexibility index (Phi) is 4.22. The van der Waals surface area contributed by atoms with Crippen LogP contribution in [-0.2, 0) is 4.79 Å². The number of nitrogens with one attached hydrogen (secondary N) is 1. The van der Waals surface area contributed by atoms with Gasteiger partial charge in [0.1, 0.15) is 0 Å². The lowest BCUT2D eigenvalue weighted by Crippen LogP contribution is -2.45. The molecule has 1 aliphatic heterocycles. The van der Waals surface area contributed by atoms with Gasteiger partial charge in [-0.2, -0.15) is 0 Å². The van der Waals surface area contributed by atoms with Gasteiger partial charge in [-0.15, -0.1) is 0 Å². The molecule has 16 heavy (non-hydrogen) atoms. The number of amides is 1. The molecule has 3 heteroatoms. The maximum absolute atomic E-state index is 12.3. The fourth-order valence-electron chi connectivity index (χ4n) is 2.68. The predicted octanol–water partition coefficient (Wildman–Crippen LogP) is 1.63. The quantitative estimate of drug-likeness (QED) is 0.787. The minimum atomic E-state index is 0.244. The smallest absolute Gasteiger partial charge is 0.226 e. The van der Waals surface area contributed by atoms with Crippen molar-refractivity contribution in [2.24, 2.45) is 11.8 Å². The first-order valence-corrected chi connectivity index (χ1v) is 6.80. The summed E-state index contributed by atoms with van der Waals surface area (Å²) in [5.41, 5.74) is 0. The van der Waals surface area contributed by atoms with Gasteiger partial charge in [0.2, 0.25) is 5.91 Å². The molecule has 0 spiro atoms. The number of hydrogen-bond donors (Lipinski definition) is 1. The fraction of sp³-hybridized carbons (Fsp3) is 0.923. The van der Waals surface area contributed by atoms with Crippen LogP contribution in [0.15, 0.2) is 0 Å². The minimum Gasteiger partial charge on any atom is -0.342 e. The highest BCUT2D eigenvalue weighted by atomic mass is 16.2. The van der Waals surface area contributed by atoms with E-state index >= 15 is 0 Å². The van der Waals surface area contributed by atoms with Crippen LogP contribution in [0.25, 0.3) is 0 Å². The molecule has 0 aromatic rings. The van der Waals surface area contributed by atoms with E-state index in [1.165, 1.54) is 19.3 Å². The Bertz CT molecular complexity index is 232. The lowest BCUT2D eigenvalue weighted by molar-refractivity contribution is -0.136. The summed E-state index contributed by atoms with van der Waals surface area (Å²) in [5, 5.41) is 3.33. The van der Waals surface area contributed by atoms with Crippen LogP contribution in [0, 0.1) is 11.8 Å². The van der Waals surface area contributed by atoms with Gasteiger partial charge in [-0.05, 0) is 45.1 Å². The normalized spacial score (nSPS) is 26.2. The van der Waals surface area contributed by atoms with Crippen molar-refractivity contribution in [2.45, 2.75) is 39.0 Å². The molecule has 0 aromatic heterocycles. The second-order valence-corrected chi connectivity index (χ2v) is 5.22. The van der Waals surface area contributed by atoms with E-state index in [-0.39, 0.29) is 5.92 Å². The fourth-order valence-corrected chi connectivity index (χ4v) is 2.68. The van der Waals surface area contributed by atoms with Crippen LogP contribution in [0.2, 0.25) is 0 Å². The van der Waals surface area contributed by atoms with Gasteiger partial charge in [0.05, 0.1) is 5.92 Å². The molecule has 1 amide bonds. The van der Waals surface area contributed by atoms with Gasteiger partial charge in [-0.25, -0.2) is 0 Å². The van der Waals surface area contributed by atoms with E-state index in [9.17, 15) is 4.79 Å². The first-order valence-electron chi connectivity index (χ1n) is 6.80. The average Bonchev–Trinajstić information content (AvgIpc) is 2.28. The molecule has 1 N–H and O–H groups in total. The number of piperidine rings is 1. The molecule has 1 aliphatic carbocycles. The summed E-state index contributed by atoms with van der Waals surface area (Å²) >= 11 is 0. The zero-order valence-corrected chi connectivity index (χ0v) is 10.4. The molecule has 1 saturated heterocycles. The first-order chi connectivity index (χ1) is 7.81. The molecule has 0 radical (unpaired) electrons. The van der Waals surface area contributed by atoms with Crippen LogP contribution in [0.5, 0.6) is 0 Å². The summed E-state index contributed by atoms with van der Waals surface area (Å²) in [4.78, 5) is 14.4. The SMILES string of the molecule is CCN(CC1CCC1)C(=O)[C@@H]1CCCNC1. The van der Waals surface area contributed by atoms with E-state index in [1.807, 2.05) is 0 Å². The van der Waals surface area contributed by atoms with Crippen LogP contribution in [0.3, 0.4) is 0 Å². The maximum atomic E-state index is 12.3. The molecule has 1 saturated carbocycles. The van der Waals surface area contributed by atoms with E-state index in [0.717, 1.165) is 44.9 Å². The van der Waals surface area contributed by atoms with Crippen molar-refractivity contribution in [1.29, 1.82) is 0 Å². The summed E-state index contributed by atoms with van der Waals surface area (Å²) in [6, 6.07) is 0. The summed E-state index contributed by atoms with van der Waals surface area (Å²) in [6.45, 7) is 5.96. The van der Waals surface area contributed by atoms with Crippen LogP contribution in [0.1, 0.15) is 39.0 Å². The molecule has 1 atom stereocenters. The molecular weight excluding hydrogens is 200 g/mol. The minimum absolute atomic E-state index is 0.244. The summed E-state index contributed by atoms with van der Waals surface area (Å²) in [5.74, 6) is 1.43. The molecule has 0 bridgehead atoms. The molecule has 0 unspecified atom stereocenters. The largest absolute Gasteiger partial charge is 0.342 e. The van der Waals surface area contributed by atoms with E-state index < -0.39 is 0 Å². The van der Waals surface area contributed by atoms with Gasteiger partial charge in [0, 0.05) is 19.6 Å². The van der Waals surface area contributed by atoms with E-state index in [1.54, 1.807) is 0 Å². The maximum Gasteiger partial charge on any atom is 0.226 e. The summed E-state index contributed by atoms with van der Waals surface area (Å²) in [7, 11) is 0. The Labute approximate surface area is 98.6 Å². The van der Waals surface area contributed by atoms with Crippen molar-refractivity contribution in [3.05, 3.63) is 0 Å². The van der Waals surface area contributed by atoms with Crippen LogP contribution < -0.4 is 5.32 Å². The Morgan fingerprint density at radius 3 is 2.62 bits per heavy atom. The topological polar surface area (TPSA) is 32.3 Å². The van der Waals surface area contributed by atoms with Crippen LogP contribution in [0.4, 0.5) is 0 Å². The Hall–Kier alpha value is -0.570. The highest BCUT2D eigenvalue weighted by molar-refractivity contribution is 5.79. The van der Waals surface area contributed by atoms with Gasteiger partial charge in [0.25, 0.3) is 0 Å². The van der Waals surface area contributed by atoms with Crippen LogP contribution in [-0.4, -0.2) is 37.0 Å². The molecule has 92 valence electrons. The molecule has 1 heterocycles. The van der Waals surface area contributed by atoms with E-state index in [4.69, 9.17) is 0 Å². The van der Waals surface area contributed by atoms with Gasteiger partial charge in [0.15, 0.2) is 0 Å². The number of carbonyl (C=O) groups excluding carboxylic acids is 1. The van der Waals surface area contributed by atoms with Crippen LogP contribution >= 0.6 is 0 Å². The summed E-state index contributed by atoms with van der Waals surface area (Å²) < 4.78 is 0. The number of carbonyl (C=O) groups is 1. The molecule has 0 aromatic carbocycles. The van der Waals surface area contributed by atoms with Crippen molar-refractivity contribution in [3.63, 3.8) is 0 Å². The zero-order valence-electron chi connectivity index (χ0n) is 10.4. The van der Waals surface area contributed by atoms with Crippen molar-refractivity contribution >= 4 is 5.91 Å². The third-order valence-corrected chi connectivity index (χ3v) is 4.04. The van der Waals surface area contributed by atoms with Crippen molar-refractivity contribution < 1.29 is 4.79 Å². The van der Waals surface area contributed by atoms with Crippen molar-refractivity contribution in [1.82, 2.24) is 10.2 Å². The third-order valence-electron chi connectivity index (χ3n) is 4.04. The standard InChI is InChI=1S/C13H24N2O/c1-2-15(10-11-5-3-6-11)13(16)12-7-4-8-14-9-12/h11-12,14H,2-10H2,1H3/t12-/m1/s1. The number of rotatable bonds is 4. The molecular formula is C13H24N2O. The third kappa shape index (κ3) is 2.76. The highest BCUT2D eigenvalue weighted by Gasteiger charge is 2.28. The predicted molar refractivity (Wildman–Crippen MR) is 65.2 cm³/mol. The lowest BCUT2D eigenvalue weighted by atomic mass is 9.84. The molecule has 2 rings (SSSR count). The van der Waals surface area contributed by atoms with Gasteiger partial charge < -0.3 is 10.2 Å². The van der Waals surface area contributed by atoms with Gasteiger partial charge in [-0.1, -0.05) is 6.42 Å². The average molecular weight is 224 g/mol. The molecule has 2 aliphatic rings. The second kappa shape index (κ2) is 5.67. The van der Waals surface area contributed by atoms with Gasteiger partial charge in [-0.3, -0.25) is 4.79 Å². The summed E-state index contributed by atoms with van der Waals surface area (Å²) in [6.07, 6.45) is 6.24. The number of hydrogen-bond acceptors (Lipinski definition) is 2. The second-order valence-electron chi connectivity index (χ2n) is 5.22. The van der Waals surface area contributed by atoms with E-state index in [0.29, 0.717) is 5.91 Å². The Morgan fingerprint density at radius 2 is 2.12 bits per heavy atom. The monoisotopic (exact) mass is 224 g/mol. The van der Waals surface area contributed by atoms with Gasteiger partial charge >= 0.3 is 0 Å². The van der Waals surface area contributed by atoms with Crippen molar-refractivity contribution in [3.8, 4) is 0 Å². The Balaban J connectivity index is 1.83. The van der Waals surface area contributed by atoms with E-state index in [2.05, 4.69) is 17.1 Å². The van der Waals surface area contributed by atoms with Crippen molar-refractivity contribution in [2.75, 3.05) is 26.2 Å². The Morgan fingerprint density at radius 1 is 1.31 bits per heavy atom.